The van der Waals surface area contributed by atoms with Gasteiger partial charge in [0, 0.05) is 17.0 Å². The van der Waals surface area contributed by atoms with Crippen LogP contribution in [0, 0.1) is 0 Å². The summed E-state index contributed by atoms with van der Waals surface area (Å²) in [6.07, 6.45) is 0. The molecule has 0 amide bonds. The summed E-state index contributed by atoms with van der Waals surface area (Å²) in [5.74, 6) is -0.360. The average molecular weight is 298 g/mol. The van der Waals surface area contributed by atoms with Crippen molar-refractivity contribution in [1.82, 2.24) is 0 Å². The lowest BCUT2D eigenvalue weighted by atomic mass is 10.0. The molecule has 1 aliphatic rings. The maximum absolute atomic E-state index is 10.9. The van der Waals surface area contributed by atoms with Gasteiger partial charge >= 0.3 is 5.97 Å². The lowest BCUT2D eigenvalue weighted by molar-refractivity contribution is -0.137. The summed E-state index contributed by atoms with van der Waals surface area (Å²) < 4.78 is 0. The van der Waals surface area contributed by atoms with Crippen LogP contribution >= 0.6 is 11.8 Å². The van der Waals surface area contributed by atoms with Gasteiger partial charge in [0.15, 0.2) is 6.04 Å². The summed E-state index contributed by atoms with van der Waals surface area (Å²) in [4.78, 5) is 15.1. The van der Waals surface area contributed by atoms with E-state index in [0.717, 1.165) is 27.4 Å². The molecular formula is C16H14N2O2S. The van der Waals surface area contributed by atoms with Crippen molar-refractivity contribution in [2.45, 2.75) is 6.04 Å². The number of hydrogen-bond acceptors (Lipinski definition) is 4. The van der Waals surface area contributed by atoms with Crippen LogP contribution in [0.4, 0.5) is 5.69 Å². The van der Waals surface area contributed by atoms with Gasteiger partial charge in [-0.15, -0.1) is 11.8 Å². The van der Waals surface area contributed by atoms with Crippen LogP contribution in [0.5, 0.6) is 0 Å². The number of nitrogens with two attached hydrogens (primary N) is 1. The molecule has 4 nitrogen and oxygen atoms in total. The number of rotatable bonds is 3. The smallest absolute Gasteiger partial charge is 0.329 e. The van der Waals surface area contributed by atoms with Crippen LogP contribution in [0.2, 0.25) is 0 Å². The maximum atomic E-state index is 10.9. The second-order valence-electron chi connectivity index (χ2n) is 4.80. The predicted octanol–water partition coefficient (Wildman–Crippen LogP) is 2.88. The molecule has 0 radical (unpaired) electrons. The number of hydrogen-bond donors (Lipinski definition) is 2. The number of nitrogen functional groups attached to an aromatic ring is 1. The van der Waals surface area contributed by atoms with E-state index >= 15 is 0 Å². The number of carboxylic acid groups (broad SMARTS) is 1. The molecule has 1 heterocycles. The predicted molar refractivity (Wildman–Crippen MR) is 86.7 cm³/mol. The molecule has 3 rings (SSSR count). The minimum atomic E-state index is -0.865. The Hall–Kier alpha value is -2.27. The first-order valence-corrected chi connectivity index (χ1v) is 7.52. The Morgan fingerprint density at radius 1 is 1.05 bits per heavy atom. The molecule has 3 N–H and O–H groups in total. The van der Waals surface area contributed by atoms with Crippen LogP contribution < -0.4 is 5.73 Å². The number of nitrogens with zero attached hydrogens (tertiary/aromatic N) is 1. The van der Waals surface area contributed by atoms with Crippen LogP contribution in [0.1, 0.15) is 5.56 Å². The number of aliphatic carboxylic acids is 1. The fourth-order valence-electron chi connectivity index (χ4n) is 2.14. The van der Waals surface area contributed by atoms with Crippen molar-refractivity contribution in [2.24, 2.45) is 4.99 Å². The molecule has 0 aliphatic carbocycles. The third-order valence-corrected chi connectivity index (χ3v) is 4.41. The zero-order valence-corrected chi connectivity index (χ0v) is 12.0. The summed E-state index contributed by atoms with van der Waals surface area (Å²) in [6, 6.07) is 15.1. The molecule has 0 saturated heterocycles. The highest BCUT2D eigenvalue weighted by Gasteiger charge is 2.24. The first-order valence-electron chi connectivity index (χ1n) is 6.53. The summed E-state index contributed by atoms with van der Waals surface area (Å²) in [5.41, 5.74) is 9.58. The Morgan fingerprint density at radius 2 is 1.57 bits per heavy atom. The van der Waals surface area contributed by atoms with E-state index in [9.17, 15) is 4.79 Å². The lowest BCUT2D eigenvalue weighted by Crippen LogP contribution is -2.17. The standard InChI is InChI=1S/C16H14N2O2S/c17-13-7-5-11(6-8-13)10-1-3-12(4-2-10)15-18-14(9-21-15)16(19)20/h1-8,14H,9,17H2,(H,19,20)/t14-/m1/s1. The molecule has 0 saturated carbocycles. The Bertz CT molecular complexity index is 693. The molecule has 0 unspecified atom stereocenters. The SMILES string of the molecule is Nc1ccc(-c2ccc(C3=N[C@@H](C(=O)O)CS3)cc2)cc1. The minimum Gasteiger partial charge on any atom is -0.480 e. The Balaban J connectivity index is 1.83. The average Bonchev–Trinajstić information content (AvgIpc) is 2.98. The van der Waals surface area contributed by atoms with Crippen molar-refractivity contribution in [3.05, 3.63) is 54.1 Å². The number of anilines is 1. The van der Waals surface area contributed by atoms with Gasteiger partial charge in [0.2, 0.25) is 0 Å². The van der Waals surface area contributed by atoms with Gasteiger partial charge in [-0.2, -0.15) is 0 Å². The summed E-state index contributed by atoms with van der Waals surface area (Å²) in [7, 11) is 0. The van der Waals surface area contributed by atoms with Gasteiger partial charge in [0.05, 0.1) is 5.04 Å². The van der Waals surface area contributed by atoms with E-state index in [-0.39, 0.29) is 0 Å². The fourth-order valence-corrected chi connectivity index (χ4v) is 3.18. The van der Waals surface area contributed by atoms with Gasteiger partial charge in [0.25, 0.3) is 0 Å². The summed E-state index contributed by atoms with van der Waals surface area (Å²) >= 11 is 1.49. The second kappa shape index (κ2) is 5.61. The fraction of sp³-hybridized carbons (Fsp3) is 0.125. The van der Waals surface area contributed by atoms with Gasteiger partial charge in [-0.1, -0.05) is 36.4 Å². The first-order chi connectivity index (χ1) is 10.1. The normalized spacial score (nSPS) is 17.5. The third-order valence-electron chi connectivity index (χ3n) is 3.31. The number of thioether (sulfide) groups is 1. The molecule has 106 valence electrons. The molecule has 1 atom stereocenters. The van der Waals surface area contributed by atoms with Gasteiger partial charge in [-0.25, -0.2) is 4.79 Å². The highest BCUT2D eigenvalue weighted by Crippen LogP contribution is 2.26. The van der Waals surface area contributed by atoms with Crippen molar-refractivity contribution < 1.29 is 9.90 Å². The van der Waals surface area contributed by atoms with E-state index in [2.05, 4.69) is 4.99 Å². The van der Waals surface area contributed by atoms with Gasteiger partial charge in [-0.3, -0.25) is 4.99 Å². The Morgan fingerprint density at radius 3 is 2.10 bits per heavy atom. The van der Waals surface area contributed by atoms with Crippen LogP contribution in [0.3, 0.4) is 0 Å². The van der Waals surface area contributed by atoms with Crippen LogP contribution in [-0.4, -0.2) is 27.9 Å². The highest BCUT2D eigenvalue weighted by molar-refractivity contribution is 8.14. The molecule has 2 aromatic rings. The number of benzene rings is 2. The van der Waals surface area contributed by atoms with E-state index in [0.29, 0.717) is 5.75 Å². The van der Waals surface area contributed by atoms with E-state index in [1.165, 1.54) is 11.8 Å². The summed E-state index contributed by atoms with van der Waals surface area (Å²) in [5, 5.41) is 9.76. The van der Waals surface area contributed by atoms with Crippen molar-refractivity contribution in [3.8, 4) is 11.1 Å². The van der Waals surface area contributed by atoms with Crippen molar-refractivity contribution in [3.63, 3.8) is 0 Å². The van der Waals surface area contributed by atoms with Crippen molar-refractivity contribution in [2.75, 3.05) is 11.5 Å². The molecule has 2 aromatic carbocycles. The molecule has 0 aromatic heterocycles. The number of carbonyl (C=O) groups is 1. The molecule has 1 aliphatic heterocycles. The summed E-state index contributed by atoms with van der Waals surface area (Å²) in [6.45, 7) is 0. The van der Waals surface area contributed by atoms with Gasteiger partial charge < -0.3 is 10.8 Å². The Labute approximate surface area is 126 Å². The van der Waals surface area contributed by atoms with E-state index in [4.69, 9.17) is 10.8 Å². The monoisotopic (exact) mass is 298 g/mol. The molecule has 5 heteroatoms. The first kappa shape index (κ1) is 13.7. The minimum absolute atomic E-state index is 0.504. The van der Waals surface area contributed by atoms with E-state index in [1.54, 1.807) is 0 Å². The largest absolute Gasteiger partial charge is 0.480 e. The quantitative estimate of drug-likeness (QED) is 0.854. The molecule has 0 bridgehead atoms. The maximum Gasteiger partial charge on any atom is 0.329 e. The third kappa shape index (κ3) is 2.92. The van der Waals surface area contributed by atoms with Gasteiger partial charge in [0.1, 0.15) is 0 Å². The van der Waals surface area contributed by atoms with Gasteiger partial charge in [-0.05, 0) is 23.3 Å². The molecular weight excluding hydrogens is 284 g/mol. The molecule has 0 fully saturated rings. The lowest BCUT2D eigenvalue weighted by Gasteiger charge is -2.04. The van der Waals surface area contributed by atoms with Crippen LogP contribution in [0.15, 0.2) is 53.5 Å². The number of aliphatic imine (C=N–C) groups is 1. The van der Waals surface area contributed by atoms with E-state index in [1.807, 2.05) is 48.5 Å². The van der Waals surface area contributed by atoms with Crippen LogP contribution in [-0.2, 0) is 4.79 Å². The topological polar surface area (TPSA) is 75.7 Å². The highest BCUT2D eigenvalue weighted by atomic mass is 32.2. The Kier molecular flexibility index (Phi) is 3.66. The van der Waals surface area contributed by atoms with Crippen LogP contribution in [0.25, 0.3) is 11.1 Å². The van der Waals surface area contributed by atoms with E-state index < -0.39 is 12.0 Å². The second-order valence-corrected chi connectivity index (χ2v) is 5.81. The molecule has 21 heavy (non-hydrogen) atoms. The number of carboxylic acids is 1. The van der Waals surface area contributed by atoms with Crippen molar-refractivity contribution >= 4 is 28.5 Å². The van der Waals surface area contributed by atoms with Crippen molar-refractivity contribution in [1.29, 1.82) is 0 Å². The zero-order valence-electron chi connectivity index (χ0n) is 11.2. The zero-order chi connectivity index (χ0) is 14.8. The molecule has 0 spiro atoms.